The molecule has 0 saturated heterocycles. The molecular weight excluding hydrogens is 230 g/mol. The zero-order chi connectivity index (χ0) is 13.5. The maximum absolute atomic E-state index is 10.9. The Hall–Kier alpha value is -1.71. The molecule has 100 valence electrons. The smallest absolute Gasteiger partial charge is 0.406 e. The van der Waals surface area contributed by atoms with Gasteiger partial charge in [-0.15, -0.1) is 0 Å². The van der Waals surface area contributed by atoms with Gasteiger partial charge in [0.2, 0.25) is 0 Å². The molecule has 1 N–H and O–H groups in total. The van der Waals surface area contributed by atoms with Crippen LogP contribution in [0.15, 0.2) is 18.2 Å². The number of alkyl carbamates (subject to hydrolysis) is 1. The number of carbonyl (C=O) groups is 1. The largest absolute Gasteiger partial charge is 0.491 e. The summed E-state index contributed by atoms with van der Waals surface area (Å²) < 4.78 is 10.2. The summed E-state index contributed by atoms with van der Waals surface area (Å²) in [5, 5.41) is 2.58. The second kappa shape index (κ2) is 6.89. The molecular formula is C14H21NO3. The summed E-state index contributed by atoms with van der Waals surface area (Å²) in [6.45, 7) is 7.15. The third kappa shape index (κ3) is 4.28. The van der Waals surface area contributed by atoms with E-state index in [-0.39, 0.29) is 0 Å². The van der Waals surface area contributed by atoms with Crippen molar-refractivity contribution >= 4 is 6.09 Å². The van der Waals surface area contributed by atoms with E-state index < -0.39 is 6.09 Å². The maximum Gasteiger partial charge on any atom is 0.406 e. The lowest BCUT2D eigenvalue weighted by molar-refractivity contribution is 0.168. The molecule has 4 heteroatoms. The first-order chi connectivity index (χ1) is 8.54. The number of ether oxygens (including phenoxy) is 2. The van der Waals surface area contributed by atoms with Gasteiger partial charge in [-0.2, -0.15) is 0 Å². The lowest BCUT2D eigenvalue weighted by atomic mass is 10.0. The predicted molar refractivity (Wildman–Crippen MR) is 71.2 cm³/mol. The summed E-state index contributed by atoms with van der Waals surface area (Å²) in [5.41, 5.74) is 2.34. The molecule has 0 bridgehead atoms. The third-order valence-corrected chi connectivity index (χ3v) is 2.61. The summed E-state index contributed by atoms with van der Waals surface area (Å²) in [6.07, 6.45) is -0.438. The predicted octanol–water partition coefficient (Wildman–Crippen LogP) is 2.85. The molecule has 18 heavy (non-hydrogen) atoms. The number of amides is 1. The average molecular weight is 251 g/mol. The second-order valence-electron chi connectivity index (χ2n) is 4.46. The number of rotatable bonds is 5. The highest BCUT2D eigenvalue weighted by atomic mass is 16.5. The molecule has 0 aromatic heterocycles. The fourth-order valence-corrected chi connectivity index (χ4v) is 1.63. The number of benzene rings is 1. The zero-order valence-corrected chi connectivity index (χ0v) is 11.4. The number of hydrogen-bond donors (Lipinski definition) is 1. The Kier molecular flexibility index (Phi) is 5.49. The van der Waals surface area contributed by atoms with Gasteiger partial charge in [0.25, 0.3) is 0 Å². The number of nitrogens with one attached hydrogen (secondary N) is 1. The molecule has 1 aromatic carbocycles. The molecule has 0 aliphatic rings. The van der Waals surface area contributed by atoms with E-state index in [0.29, 0.717) is 19.1 Å². The van der Waals surface area contributed by atoms with Crippen LogP contribution in [0, 0.1) is 6.92 Å². The Morgan fingerprint density at radius 2 is 2.11 bits per heavy atom. The first-order valence-electron chi connectivity index (χ1n) is 6.09. The molecule has 0 fully saturated rings. The molecule has 4 nitrogen and oxygen atoms in total. The molecule has 0 unspecified atom stereocenters. The SMILES string of the molecule is COC(=O)NCCOc1cc(C)ccc1C(C)C. The first-order valence-corrected chi connectivity index (χ1v) is 6.09. The summed E-state index contributed by atoms with van der Waals surface area (Å²) in [5.74, 6) is 1.30. The van der Waals surface area contributed by atoms with Gasteiger partial charge in [-0.1, -0.05) is 26.0 Å². The van der Waals surface area contributed by atoms with Gasteiger partial charge in [-0.25, -0.2) is 4.79 Å². The van der Waals surface area contributed by atoms with Crippen LogP contribution in [-0.4, -0.2) is 26.4 Å². The molecule has 0 radical (unpaired) electrons. The monoisotopic (exact) mass is 251 g/mol. The van der Waals surface area contributed by atoms with Crippen LogP contribution >= 0.6 is 0 Å². The van der Waals surface area contributed by atoms with Crippen LogP contribution < -0.4 is 10.1 Å². The van der Waals surface area contributed by atoms with Crippen LogP contribution in [0.5, 0.6) is 5.75 Å². The van der Waals surface area contributed by atoms with E-state index in [1.165, 1.54) is 12.7 Å². The van der Waals surface area contributed by atoms with Crippen molar-refractivity contribution in [3.63, 3.8) is 0 Å². The van der Waals surface area contributed by atoms with E-state index in [9.17, 15) is 4.79 Å². The minimum atomic E-state index is -0.438. The van der Waals surface area contributed by atoms with Crippen LogP contribution in [0.1, 0.15) is 30.9 Å². The van der Waals surface area contributed by atoms with Gasteiger partial charge in [-0.3, -0.25) is 0 Å². The molecule has 0 aliphatic heterocycles. The van der Waals surface area contributed by atoms with Gasteiger partial charge < -0.3 is 14.8 Å². The van der Waals surface area contributed by atoms with E-state index in [2.05, 4.69) is 36.0 Å². The van der Waals surface area contributed by atoms with Crippen molar-refractivity contribution in [1.82, 2.24) is 5.32 Å². The Morgan fingerprint density at radius 3 is 2.72 bits per heavy atom. The highest BCUT2D eigenvalue weighted by molar-refractivity contribution is 5.66. The van der Waals surface area contributed by atoms with Gasteiger partial charge in [0, 0.05) is 0 Å². The minimum Gasteiger partial charge on any atom is -0.491 e. The fourth-order valence-electron chi connectivity index (χ4n) is 1.63. The van der Waals surface area contributed by atoms with Crippen molar-refractivity contribution in [2.45, 2.75) is 26.7 Å². The van der Waals surface area contributed by atoms with Crippen molar-refractivity contribution in [2.24, 2.45) is 0 Å². The van der Waals surface area contributed by atoms with Crippen LogP contribution in [0.4, 0.5) is 4.79 Å². The Balaban J connectivity index is 2.55. The van der Waals surface area contributed by atoms with Crippen molar-refractivity contribution in [2.75, 3.05) is 20.3 Å². The molecule has 1 rings (SSSR count). The molecule has 1 amide bonds. The summed E-state index contributed by atoms with van der Waals surface area (Å²) >= 11 is 0. The van der Waals surface area contributed by atoms with E-state index in [1.807, 2.05) is 13.0 Å². The molecule has 0 spiro atoms. The highest BCUT2D eigenvalue weighted by Crippen LogP contribution is 2.27. The topological polar surface area (TPSA) is 47.6 Å². The van der Waals surface area contributed by atoms with Crippen LogP contribution in [0.2, 0.25) is 0 Å². The number of aryl methyl sites for hydroxylation is 1. The van der Waals surface area contributed by atoms with Crippen LogP contribution in [0.25, 0.3) is 0 Å². The lowest BCUT2D eigenvalue weighted by Crippen LogP contribution is -2.27. The number of carbonyl (C=O) groups excluding carboxylic acids is 1. The van der Waals surface area contributed by atoms with Gasteiger partial charge in [-0.05, 0) is 30.0 Å². The van der Waals surface area contributed by atoms with Crippen LogP contribution in [-0.2, 0) is 4.74 Å². The molecule has 0 saturated carbocycles. The van der Waals surface area contributed by atoms with Gasteiger partial charge >= 0.3 is 6.09 Å². The second-order valence-corrected chi connectivity index (χ2v) is 4.46. The lowest BCUT2D eigenvalue weighted by Gasteiger charge is -2.15. The third-order valence-electron chi connectivity index (χ3n) is 2.61. The summed E-state index contributed by atoms with van der Waals surface area (Å²) in [7, 11) is 1.34. The van der Waals surface area contributed by atoms with Gasteiger partial charge in [0.05, 0.1) is 13.7 Å². The zero-order valence-electron chi connectivity index (χ0n) is 11.4. The van der Waals surface area contributed by atoms with E-state index >= 15 is 0 Å². The van der Waals surface area contributed by atoms with Crippen molar-refractivity contribution in [3.8, 4) is 5.75 Å². The van der Waals surface area contributed by atoms with E-state index in [0.717, 1.165) is 11.3 Å². The molecule has 0 heterocycles. The van der Waals surface area contributed by atoms with Crippen molar-refractivity contribution < 1.29 is 14.3 Å². The maximum atomic E-state index is 10.9. The first kappa shape index (κ1) is 14.4. The highest BCUT2D eigenvalue weighted by Gasteiger charge is 2.08. The van der Waals surface area contributed by atoms with Crippen LogP contribution in [0.3, 0.4) is 0 Å². The van der Waals surface area contributed by atoms with Gasteiger partial charge in [0.1, 0.15) is 12.4 Å². The summed E-state index contributed by atoms with van der Waals surface area (Å²) in [6, 6.07) is 6.19. The average Bonchev–Trinajstić information content (AvgIpc) is 2.34. The van der Waals surface area contributed by atoms with Crippen molar-refractivity contribution in [3.05, 3.63) is 29.3 Å². The van der Waals surface area contributed by atoms with Gasteiger partial charge in [0.15, 0.2) is 0 Å². The molecule has 1 aromatic rings. The Bertz CT molecular complexity index is 402. The standard InChI is InChI=1S/C14H21NO3/c1-10(2)12-6-5-11(3)9-13(12)18-8-7-15-14(16)17-4/h5-6,9-10H,7-8H2,1-4H3,(H,15,16). The molecule has 0 aliphatic carbocycles. The Morgan fingerprint density at radius 1 is 1.39 bits per heavy atom. The quantitative estimate of drug-likeness (QED) is 0.819. The molecule has 0 atom stereocenters. The minimum absolute atomic E-state index is 0.411. The van der Waals surface area contributed by atoms with E-state index in [1.54, 1.807) is 0 Å². The normalized spacial score (nSPS) is 10.3. The number of hydrogen-bond acceptors (Lipinski definition) is 3. The van der Waals surface area contributed by atoms with E-state index in [4.69, 9.17) is 4.74 Å². The summed E-state index contributed by atoms with van der Waals surface area (Å²) in [4.78, 5) is 10.9. The Labute approximate surface area is 108 Å². The van der Waals surface area contributed by atoms with Crippen molar-refractivity contribution in [1.29, 1.82) is 0 Å². The fraction of sp³-hybridized carbons (Fsp3) is 0.500. The number of methoxy groups -OCH3 is 1.